The predicted octanol–water partition coefficient (Wildman–Crippen LogP) is 4.45. The molecule has 0 aliphatic heterocycles. The number of aryl methyl sites for hydroxylation is 1. The van der Waals surface area contributed by atoms with Crippen LogP contribution in [-0.2, 0) is 6.54 Å². The Bertz CT molecular complexity index is 802. The normalized spacial score (nSPS) is 10.8. The number of ether oxygens (including phenoxy) is 1. The second-order valence-electron chi connectivity index (χ2n) is 4.85. The van der Waals surface area contributed by atoms with Crippen molar-refractivity contribution in [2.75, 3.05) is 0 Å². The fourth-order valence-corrected chi connectivity index (χ4v) is 2.51. The summed E-state index contributed by atoms with van der Waals surface area (Å²) in [6.07, 6.45) is 0. The Morgan fingerprint density at radius 3 is 2.71 bits per heavy atom. The number of nitrogens with two attached hydrogens (primary N) is 1. The number of para-hydroxylation sites is 1. The van der Waals surface area contributed by atoms with E-state index in [1.807, 2.05) is 49.4 Å². The van der Waals surface area contributed by atoms with Crippen molar-refractivity contribution in [1.82, 2.24) is 4.98 Å². The molecule has 2 aromatic carbocycles. The van der Waals surface area contributed by atoms with E-state index < -0.39 is 0 Å². The molecule has 0 aliphatic carbocycles. The van der Waals surface area contributed by atoms with E-state index in [1.54, 1.807) is 6.07 Å². The van der Waals surface area contributed by atoms with E-state index in [0.717, 1.165) is 27.8 Å². The molecule has 0 aliphatic rings. The van der Waals surface area contributed by atoms with Gasteiger partial charge in [0.2, 0.25) is 5.88 Å². The largest absolute Gasteiger partial charge is 0.439 e. The van der Waals surface area contributed by atoms with Crippen LogP contribution in [0, 0.1) is 6.92 Å². The summed E-state index contributed by atoms with van der Waals surface area (Å²) < 4.78 is 5.89. The zero-order valence-electron chi connectivity index (χ0n) is 11.6. The smallest absolute Gasteiger partial charge is 0.220 e. The fourth-order valence-electron chi connectivity index (χ4n) is 2.28. The average molecular weight is 299 g/mol. The van der Waals surface area contributed by atoms with Gasteiger partial charge in [0.05, 0.1) is 5.52 Å². The van der Waals surface area contributed by atoms with Crippen LogP contribution in [0.25, 0.3) is 10.9 Å². The molecule has 1 aromatic heterocycles. The van der Waals surface area contributed by atoms with Crippen LogP contribution in [0.5, 0.6) is 11.6 Å². The van der Waals surface area contributed by atoms with Crippen molar-refractivity contribution in [2.45, 2.75) is 13.5 Å². The Balaban J connectivity index is 2.04. The van der Waals surface area contributed by atoms with Crippen molar-refractivity contribution in [3.8, 4) is 11.6 Å². The third-order valence-corrected chi connectivity index (χ3v) is 3.58. The lowest BCUT2D eigenvalue weighted by Gasteiger charge is -2.11. The summed E-state index contributed by atoms with van der Waals surface area (Å²) in [5.74, 6) is 1.28. The van der Waals surface area contributed by atoms with Crippen molar-refractivity contribution >= 4 is 22.5 Å². The summed E-state index contributed by atoms with van der Waals surface area (Å²) >= 11 is 5.96. The van der Waals surface area contributed by atoms with Gasteiger partial charge in [0.15, 0.2) is 0 Å². The highest BCUT2D eigenvalue weighted by Gasteiger charge is 2.08. The molecule has 0 saturated carbocycles. The minimum atomic E-state index is 0.443. The second-order valence-corrected chi connectivity index (χ2v) is 5.29. The SMILES string of the molecule is Cc1cc(Cl)ccc1Oc1cc(CN)c2ccccc2n1. The standard InChI is InChI=1S/C17H15ClN2O/c1-11-8-13(18)6-7-16(11)21-17-9-12(10-19)14-4-2-3-5-15(14)20-17/h2-9H,10,19H2,1H3. The number of hydrogen-bond acceptors (Lipinski definition) is 3. The van der Waals surface area contributed by atoms with Gasteiger partial charge in [-0.3, -0.25) is 0 Å². The van der Waals surface area contributed by atoms with Crippen LogP contribution in [0.3, 0.4) is 0 Å². The van der Waals surface area contributed by atoms with E-state index in [4.69, 9.17) is 22.1 Å². The molecule has 0 amide bonds. The molecule has 1 heterocycles. The van der Waals surface area contributed by atoms with E-state index in [-0.39, 0.29) is 0 Å². The van der Waals surface area contributed by atoms with Crippen LogP contribution in [0.4, 0.5) is 0 Å². The highest BCUT2D eigenvalue weighted by atomic mass is 35.5. The van der Waals surface area contributed by atoms with Gasteiger partial charge in [-0.2, -0.15) is 0 Å². The molecule has 0 unspecified atom stereocenters. The highest BCUT2D eigenvalue weighted by molar-refractivity contribution is 6.30. The topological polar surface area (TPSA) is 48.1 Å². The Hall–Kier alpha value is -2.10. The molecular formula is C17H15ClN2O. The third kappa shape index (κ3) is 2.84. The van der Waals surface area contributed by atoms with Gasteiger partial charge in [0.1, 0.15) is 5.75 Å². The van der Waals surface area contributed by atoms with Gasteiger partial charge in [-0.15, -0.1) is 0 Å². The minimum Gasteiger partial charge on any atom is -0.439 e. The summed E-state index contributed by atoms with van der Waals surface area (Å²) in [6.45, 7) is 2.39. The second kappa shape index (κ2) is 5.72. The van der Waals surface area contributed by atoms with Gasteiger partial charge in [0.25, 0.3) is 0 Å². The summed E-state index contributed by atoms with van der Waals surface area (Å²) in [5.41, 5.74) is 8.68. The summed E-state index contributed by atoms with van der Waals surface area (Å²) in [4.78, 5) is 4.53. The number of benzene rings is 2. The number of rotatable bonds is 3. The van der Waals surface area contributed by atoms with Crippen LogP contribution in [-0.4, -0.2) is 4.98 Å². The molecular weight excluding hydrogens is 284 g/mol. The zero-order valence-corrected chi connectivity index (χ0v) is 12.4. The molecule has 0 atom stereocenters. The molecule has 3 rings (SSSR count). The molecule has 0 spiro atoms. The molecule has 0 radical (unpaired) electrons. The summed E-state index contributed by atoms with van der Waals surface area (Å²) in [6, 6.07) is 15.3. The van der Waals surface area contributed by atoms with Gasteiger partial charge < -0.3 is 10.5 Å². The lowest BCUT2D eigenvalue weighted by atomic mass is 10.1. The predicted molar refractivity (Wildman–Crippen MR) is 85.9 cm³/mol. The van der Waals surface area contributed by atoms with Gasteiger partial charge in [-0.1, -0.05) is 29.8 Å². The van der Waals surface area contributed by atoms with Crippen LogP contribution in [0.1, 0.15) is 11.1 Å². The maximum Gasteiger partial charge on any atom is 0.220 e. The minimum absolute atomic E-state index is 0.443. The first kappa shape index (κ1) is 13.9. The lowest BCUT2D eigenvalue weighted by molar-refractivity contribution is 0.461. The van der Waals surface area contributed by atoms with E-state index >= 15 is 0 Å². The van der Waals surface area contributed by atoms with Gasteiger partial charge in [-0.25, -0.2) is 4.98 Å². The first-order chi connectivity index (χ1) is 10.2. The zero-order chi connectivity index (χ0) is 14.8. The van der Waals surface area contributed by atoms with Gasteiger partial charge in [-0.05, 0) is 42.3 Å². The molecule has 106 valence electrons. The van der Waals surface area contributed by atoms with Crippen molar-refractivity contribution in [3.63, 3.8) is 0 Å². The number of nitrogens with zero attached hydrogens (tertiary/aromatic N) is 1. The van der Waals surface area contributed by atoms with Crippen molar-refractivity contribution < 1.29 is 4.74 Å². The quantitative estimate of drug-likeness (QED) is 0.777. The van der Waals surface area contributed by atoms with Crippen molar-refractivity contribution in [2.24, 2.45) is 5.73 Å². The van der Waals surface area contributed by atoms with Crippen LogP contribution in [0.15, 0.2) is 48.5 Å². The number of aromatic nitrogens is 1. The highest BCUT2D eigenvalue weighted by Crippen LogP contribution is 2.29. The maximum atomic E-state index is 5.96. The Morgan fingerprint density at radius 1 is 1.14 bits per heavy atom. The molecule has 0 saturated heterocycles. The Labute approximate surface area is 128 Å². The summed E-state index contributed by atoms with van der Waals surface area (Å²) in [7, 11) is 0. The average Bonchev–Trinajstić information content (AvgIpc) is 2.49. The number of fused-ring (bicyclic) bond motifs is 1. The molecule has 3 nitrogen and oxygen atoms in total. The Kier molecular flexibility index (Phi) is 3.78. The number of pyridine rings is 1. The van der Waals surface area contributed by atoms with E-state index in [0.29, 0.717) is 17.4 Å². The Morgan fingerprint density at radius 2 is 1.95 bits per heavy atom. The summed E-state index contributed by atoms with van der Waals surface area (Å²) in [5, 5.41) is 1.74. The molecule has 2 N–H and O–H groups in total. The first-order valence-corrected chi connectivity index (χ1v) is 7.08. The maximum absolute atomic E-state index is 5.96. The van der Waals surface area contributed by atoms with E-state index in [9.17, 15) is 0 Å². The molecule has 21 heavy (non-hydrogen) atoms. The number of halogens is 1. The fraction of sp³-hybridized carbons (Fsp3) is 0.118. The van der Waals surface area contributed by atoms with Crippen molar-refractivity contribution in [3.05, 3.63) is 64.7 Å². The monoisotopic (exact) mass is 298 g/mol. The lowest BCUT2D eigenvalue weighted by Crippen LogP contribution is -2.00. The molecule has 3 aromatic rings. The van der Waals surface area contributed by atoms with Gasteiger partial charge in [0, 0.05) is 23.0 Å². The molecule has 4 heteroatoms. The van der Waals surface area contributed by atoms with Crippen LogP contribution in [0.2, 0.25) is 5.02 Å². The van der Waals surface area contributed by atoms with Gasteiger partial charge >= 0.3 is 0 Å². The molecule has 0 bridgehead atoms. The van der Waals surface area contributed by atoms with E-state index in [2.05, 4.69) is 4.98 Å². The van der Waals surface area contributed by atoms with Crippen LogP contribution >= 0.6 is 11.6 Å². The van der Waals surface area contributed by atoms with E-state index in [1.165, 1.54) is 0 Å². The van der Waals surface area contributed by atoms with Crippen LogP contribution < -0.4 is 10.5 Å². The number of hydrogen-bond donors (Lipinski definition) is 1. The third-order valence-electron chi connectivity index (χ3n) is 3.35. The first-order valence-electron chi connectivity index (χ1n) is 6.70. The molecule has 0 fully saturated rings. The van der Waals surface area contributed by atoms with Crippen molar-refractivity contribution in [1.29, 1.82) is 0 Å².